The summed E-state index contributed by atoms with van der Waals surface area (Å²) in [6.07, 6.45) is 9.84. The minimum Gasteiger partial charge on any atom is -0.378 e. The fourth-order valence-electron chi connectivity index (χ4n) is 1.68. The first-order chi connectivity index (χ1) is 5.93. The highest BCUT2D eigenvalue weighted by atomic mass is 79.9. The van der Waals surface area contributed by atoms with E-state index >= 15 is 0 Å². The van der Waals surface area contributed by atoms with Crippen molar-refractivity contribution >= 4 is 15.9 Å². The Labute approximate surface area is 84.0 Å². The van der Waals surface area contributed by atoms with E-state index in [1.807, 2.05) is 0 Å². The SMILES string of the molecule is BrCCCCCC1CCCCO1. The van der Waals surface area contributed by atoms with Crippen LogP contribution in [0.5, 0.6) is 0 Å². The van der Waals surface area contributed by atoms with Crippen molar-refractivity contribution in [2.75, 3.05) is 11.9 Å². The Bertz CT molecular complexity index is 100. The molecule has 2 heteroatoms. The summed E-state index contributed by atoms with van der Waals surface area (Å²) >= 11 is 3.44. The van der Waals surface area contributed by atoms with E-state index in [9.17, 15) is 0 Å². The van der Waals surface area contributed by atoms with Crippen LogP contribution in [0.15, 0.2) is 0 Å². The summed E-state index contributed by atoms with van der Waals surface area (Å²) in [6, 6.07) is 0. The van der Waals surface area contributed by atoms with E-state index in [1.54, 1.807) is 0 Å². The molecule has 1 heterocycles. The quantitative estimate of drug-likeness (QED) is 0.523. The molecule has 1 fully saturated rings. The molecular weight excluding hydrogens is 216 g/mol. The van der Waals surface area contributed by atoms with Crippen LogP contribution in [-0.2, 0) is 4.74 Å². The molecular formula is C10H19BrO. The second-order valence-electron chi connectivity index (χ2n) is 3.53. The smallest absolute Gasteiger partial charge is 0.0575 e. The maximum absolute atomic E-state index is 5.65. The number of rotatable bonds is 5. The molecule has 0 radical (unpaired) electrons. The van der Waals surface area contributed by atoms with Gasteiger partial charge in [0.15, 0.2) is 0 Å². The molecule has 1 aliphatic heterocycles. The van der Waals surface area contributed by atoms with Gasteiger partial charge in [-0.1, -0.05) is 28.8 Å². The van der Waals surface area contributed by atoms with Gasteiger partial charge in [-0.2, -0.15) is 0 Å². The molecule has 72 valence electrons. The Balaban J connectivity index is 1.91. The largest absolute Gasteiger partial charge is 0.378 e. The van der Waals surface area contributed by atoms with Gasteiger partial charge in [-0.3, -0.25) is 0 Å². The number of alkyl halides is 1. The van der Waals surface area contributed by atoms with Crippen LogP contribution in [0.2, 0.25) is 0 Å². The van der Waals surface area contributed by atoms with Gasteiger partial charge < -0.3 is 4.74 Å². The van der Waals surface area contributed by atoms with Crippen LogP contribution >= 0.6 is 15.9 Å². The van der Waals surface area contributed by atoms with Crippen molar-refractivity contribution in [2.24, 2.45) is 0 Å². The van der Waals surface area contributed by atoms with Crippen molar-refractivity contribution in [1.82, 2.24) is 0 Å². The third kappa shape index (κ3) is 4.46. The Morgan fingerprint density at radius 3 is 2.75 bits per heavy atom. The molecule has 0 amide bonds. The van der Waals surface area contributed by atoms with Gasteiger partial charge in [0, 0.05) is 11.9 Å². The molecule has 0 aromatic rings. The van der Waals surface area contributed by atoms with Crippen LogP contribution in [0.3, 0.4) is 0 Å². The maximum Gasteiger partial charge on any atom is 0.0575 e. The molecule has 0 bridgehead atoms. The second kappa shape index (κ2) is 6.90. The molecule has 1 atom stereocenters. The molecule has 0 aromatic heterocycles. The monoisotopic (exact) mass is 234 g/mol. The number of ether oxygens (including phenoxy) is 1. The van der Waals surface area contributed by atoms with Crippen LogP contribution < -0.4 is 0 Å². The lowest BCUT2D eigenvalue weighted by atomic mass is 10.0. The summed E-state index contributed by atoms with van der Waals surface area (Å²) in [6.45, 7) is 1.00. The van der Waals surface area contributed by atoms with Crippen LogP contribution in [0.4, 0.5) is 0 Å². The summed E-state index contributed by atoms with van der Waals surface area (Å²) < 4.78 is 5.65. The molecule has 1 aliphatic rings. The van der Waals surface area contributed by atoms with E-state index < -0.39 is 0 Å². The second-order valence-corrected chi connectivity index (χ2v) is 4.32. The van der Waals surface area contributed by atoms with Crippen LogP contribution in [0.1, 0.15) is 44.9 Å². The van der Waals surface area contributed by atoms with E-state index in [0.29, 0.717) is 6.10 Å². The predicted molar refractivity (Wildman–Crippen MR) is 55.9 cm³/mol. The van der Waals surface area contributed by atoms with Gasteiger partial charge in [-0.15, -0.1) is 0 Å². The van der Waals surface area contributed by atoms with Crippen LogP contribution in [0.25, 0.3) is 0 Å². The summed E-state index contributed by atoms with van der Waals surface area (Å²) in [7, 11) is 0. The topological polar surface area (TPSA) is 9.23 Å². The first-order valence-electron chi connectivity index (χ1n) is 5.11. The van der Waals surface area contributed by atoms with Crippen LogP contribution in [-0.4, -0.2) is 18.0 Å². The molecule has 1 saturated heterocycles. The summed E-state index contributed by atoms with van der Waals surface area (Å²) in [5.74, 6) is 0. The molecule has 1 rings (SSSR count). The summed E-state index contributed by atoms with van der Waals surface area (Å²) in [5, 5.41) is 1.15. The fraction of sp³-hybridized carbons (Fsp3) is 1.00. The van der Waals surface area contributed by atoms with Crippen molar-refractivity contribution in [1.29, 1.82) is 0 Å². The lowest BCUT2D eigenvalue weighted by molar-refractivity contribution is 0.00985. The van der Waals surface area contributed by atoms with E-state index in [-0.39, 0.29) is 0 Å². The average Bonchev–Trinajstić information content (AvgIpc) is 2.14. The zero-order valence-electron chi connectivity index (χ0n) is 7.73. The summed E-state index contributed by atoms with van der Waals surface area (Å²) in [5.41, 5.74) is 0. The van der Waals surface area contributed by atoms with Gasteiger partial charge in [0.1, 0.15) is 0 Å². The molecule has 12 heavy (non-hydrogen) atoms. The Kier molecular flexibility index (Phi) is 6.05. The van der Waals surface area contributed by atoms with Gasteiger partial charge in [0.2, 0.25) is 0 Å². The number of hydrogen-bond donors (Lipinski definition) is 0. The molecule has 0 aromatic carbocycles. The lowest BCUT2D eigenvalue weighted by Crippen LogP contribution is -2.18. The Morgan fingerprint density at radius 1 is 1.17 bits per heavy atom. The van der Waals surface area contributed by atoms with Gasteiger partial charge in [0.25, 0.3) is 0 Å². The number of unbranched alkanes of at least 4 members (excludes halogenated alkanes) is 2. The van der Waals surface area contributed by atoms with Crippen LogP contribution in [0, 0.1) is 0 Å². The Morgan fingerprint density at radius 2 is 2.08 bits per heavy atom. The zero-order valence-corrected chi connectivity index (χ0v) is 9.31. The third-order valence-corrected chi connectivity index (χ3v) is 2.99. The van der Waals surface area contributed by atoms with Gasteiger partial charge >= 0.3 is 0 Å². The van der Waals surface area contributed by atoms with Gasteiger partial charge in [-0.25, -0.2) is 0 Å². The highest BCUT2D eigenvalue weighted by Gasteiger charge is 2.12. The molecule has 1 nitrogen and oxygen atoms in total. The first kappa shape index (κ1) is 10.5. The van der Waals surface area contributed by atoms with E-state index in [1.165, 1.54) is 44.9 Å². The van der Waals surface area contributed by atoms with Crippen molar-refractivity contribution in [3.8, 4) is 0 Å². The predicted octanol–water partition coefficient (Wildman–Crippen LogP) is 3.51. The van der Waals surface area contributed by atoms with E-state index in [2.05, 4.69) is 15.9 Å². The van der Waals surface area contributed by atoms with Crippen molar-refractivity contribution in [2.45, 2.75) is 51.0 Å². The third-order valence-electron chi connectivity index (χ3n) is 2.43. The van der Waals surface area contributed by atoms with E-state index in [4.69, 9.17) is 4.74 Å². The normalized spacial score (nSPS) is 24.2. The van der Waals surface area contributed by atoms with Gasteiger partial charge in [0.05, 0.1) is 6.10 Å². The molecule has 1 unspecified atom stereocenters. The Hall–Kier alpha value is 0.440. The summed E-state index contributed by atoms with van der Waals surface area (Å²) in [4.78, 5) is 0. The van der Waals surface area contributed by atoms with E-state index in [0.717, 1.165) is 11.9 Å². The molecule has 0 saturated carbocycles. The van der Waals surface area contributed by atoms with Crippen molar-refractivity contribution < 1.29 is 4.74 Å². The maximum atomic E-state index is 5.65. The molecule has 0 spiro atoms. The number of halogens is 1. The van der Waals surface area contributed by atoms with Gasteiger partial charge in [-0.05, 0) is 32.1 Å². The fourth-order valence-corrected chi connectivity index (χ4v) is 2.07. The molecule has 0 N–H and O–H groups in total. The van der Waals surface area contributed by atoms with Crippen molar-refractivity contribution in [3.05, 3.63) is 0 Å². The highest BCUT2D eigenvalue weighted by molar-refractivity contribution is 9.09. The first-order valence-corrected chi connectivity index (χ1v) is 6.23. The lowest BCUT2D eigenvalue weighted by Gasteiger charge is -2.22. The standard InChI is InChI=1S/C10H19BrO/c11-8-4-1-2-6-10-7-3-5-9-12-10/h10H,1-9H2. The minimum absolute atomic E-state index is 0.592. The zero-order chi connectivity index (χ0) is 8.65. The highest BCUT2D eigenvalue weighted by Crippen LogP contribution is 2.18. The number of hydrogen-bond acceptors (Lipinski definition) is 1. The minimum atomic E-state index is 0.592. The average molecular weight is 235 g/mol. The van der Waals surface area contributed by atoms with Crippen molar-refractivity contribution in [3.63, 3.8) is 0 Å². The molecule has 0 aliphatic carbocycles.